The molecule has 0 unspecified atom stereocenters. The van der Waals surface area contributed by atoms with Crippen LogP contribution in [0.2, 0.25) is 10.0 Å². The van der Waals surface area contributed by atoms with Crippen LogP contribution in [0.3, 0.4) is 0 Å². The summed E-state index contributed by atoms with van der Waals surface area (Å²) in [6.45, 7) is 3.73. The molecule has 0 aliphatic rings. The van der Waals surface area contributed by atoms with E-state index in [0.717, 1.165) is 5.56 Å². The van der Waals surface area contributed by atoms with Crippen LogP contribution >= 0.6 is 23.2 Å². The molecule has 0 fully saturated rings. The highest BCUT2D eigenvalue weighted by Crippen LogP contribution is 2.23. The van der Waals surface area contributed by atoms with E-state index in [1.54, 1.807) is 37.3 Å². The van der Waals surface area contributed by atoms with Gasteiger partial charge in [-0.2, -0.15) is 0 Å². The standard InChI is InChI=1S/C18H19Cl2N3O2/c1-3-17(24)23-16-9-14(5-4-11(16)2)22-18(25)10-21-15-7-12(19)6-13(20)8-15/h4-9,21H,3,10H2,1-2H3,(H,22,25)(H,23,24). The summed E-state index contributed by atoms with van der Waals surface area (Å²) in [5, 5.41) is 9.54. The summed E-state index contributed by atoms with van der Waals surface area (Å²) in [6.07, 6.45) is 0.391. The van der Waals surface area contributed by atoms with Crippen molar-refractivity contribution in [2.24, 2.45) is 0 Å². The lowest BCUT2D eigenvalue weighted by Crippen LogP contribution is -2.22. The van der Waals surface area contributed by atoms with Crippen molar-refractivity contribution in [2.75, 3.05) is 22.5 Å². The van der Waals surface area contributed by atoms with Crippen LogP contribution in [0, 0.1) is 6.92 Å². The van der Waals surface area contributed by atoms with Gasteiger partial charge in [-0.25, -0.2) is 0 Å². The van der Waals surface area contributed by atoms with Gasteiger partial charge in [0.25, 0.3) is 0 Å². The minimum Gasteiger partial charge on any atom is -0.376 e. The zero-order valence-corrected chi connectivity index (χ0v) is 15.5. The highest BCUT2D eigenvalue weighted by molar-refractivity contribution is 6.35. The minimum atomic E-state index is -0.229. The first-order valence-electron chi connectivity index (χ1n) is 7.77. The van der Waals surface area contributed by atoms with E-state index in [4.69, 9.17) is 23.2 Å². The summed E-state index contributed by atoms with van der Waals surface area (Å²) in [5.74, 6) is -0.307. The summed E-state index contributed by atoms with van der Waals surface area (Å²) >= 11 is 11.8. The van der Waals surface area contributed by atoms with Crippen molar-refractivity contribution >= 4 is 52.1 Å². The average Bonchev–Trinajstić information content (AvgIpc) is 2.55. The average molecular weight is 380 g/mol. The van der Waals surface area contributed by atoms with Crippen molar-refractivity contribution in [2.45, 2.75) is 20.3 Å². The van der Waals surface area contributed by atoms with E-state index >= 15 is 0 Å². The number of aryl methyl sites for hydroxylation is 1. The molecule has 2 rings (SSSR count). The number of nitrogens with one attached hydrogen (secondary N) is 3. The number of carbonyl (C=O) groups excluding carboxylic acids is 2. The molecule has 0 radical (unpaired) electrons. The van der Waals surface area contributed by atoms with E-state index in [2.05, 4.69) is 16.0 Å². The number of halogens is 2. The molecule has 0 spiro atoms. The first-order valence-corrected chi connectivity index (χ1v) is 8.53. The summed E-state index contributed by atoms with van der Waals surface area (Å²) in [4.78, 5) is 23.7. The smallest absolute Gasteiger partial charge is 0.243 e. The Bertz CT molecular complexity index is 774. The largest absolute Gasteiger partial charge is 0.376 e. The molecular formula is C18H19Cl2N3O2. The Morgan fingerprint density at radius 3 is 2.24 bits per heavy atom. The number of carbonyl (C=O) groups is 2. The number of anilines is 3. The van der Waals surface area contributed by atoms with Gasteiger partial charge in [0.1, 0.15) is 0 Å². The van der Waals surface area contributed by atoms with Crippen LogP contribution in [-0.4, -0.2) is 18.4 Å². The zero-order valence-electron chi connectivity index (χ0n) is 14.0. The van der Waals surface area contributed by atoms with Crippen molar-refractivity contribution in [1.29, 1.82) is 0 Å². The monoisotopic (exact) mass is 379 g/mol. The van der Waals surface area contributed by atoms with Crippen LogP contribution in [0.25, 0.3) is 0 Å². The predicted molar refractivity (Wildman–Crippen MR) is 104 cm³/mol. The molecule has 0 bridgehead atoms. The van der Waals surface area contributed by atoms with E-state index in [1.807, 2.05) is 13.0 Å². The molecule has 2 aromatic carbocycles. The summed E-state index contributed by atoms with van der Waals surface area (Å²) in [7, 11) is 0. The van der Waals surface area contributed by atoms with Crippen LogP contribution in [0.5, 0.6) is 0 Å². The Kier molecular flexibility index (Phi) is 6.67. The maximum absolute atomic E-state index is 12.1. The van der Waals surface area contributed by atoms with E-state index < -0.39 is 0 Å². The van der Waals surface area contributed by atoms with Crippen LogP contribution in [-0.2, 0) is 9.59 Å². The molecule has 2 amide bonds. The molecule has 132 valence electrons. The quantitative estimate of drug-likeness (QED) is 0.680. The van der Waals surface area contributed by atoms with E-state index in [1.165, 1.54) is 0 Å². The number of hydrogen-bond acceptors (Lipinski definition) is 3. The van der Waals surface area contributed by atoms with Crippen molar-refractivity contribution in [3.05, 3.63) is 52.0 Å². The highest BCUT2D eigenvalue weighted by Gasteiger charge is 2.07. The lowest BCUT2D eigenvalue weighted by atomic mass is 10.1. The van der Waals surface area contributed by atoms with Crippen molar-refractivity contribution < 1.29 is 9.59 Å². The summed E-state index contributed by atoms with van der Waals surface area (Å²) < 4.78 is 0. The second-order valence-electron chi connectivity index (χ2n) is 5.49. The fraction of sp³-hybridized carbons (Fsp3) is 0.222. The van der Waals surface area contributed by atoms with Crippen molar-refractivity contribution in [3.8, 4) is 0 Å². The predicted octanol–water partition coefficient (Wildman–Crippen LogP) is 4.70. The molecular weight excluding hydrogens is 361 g/mol. The lowest BCUT2D eigenvalue weighted by Gasteiger charge is -2.12. The Labute approximate surface area is 156 Å². The van der Waals surface area contributed by atoms with Gasteiger partial charge in [0.15, 0.2) is 0 Å². The number of benzene rings is 2. The first-order chi connectivity index (χ1) is 11.9. The lowest BCUT2D eigenvalue weighted by molar-refractivity contribution is -0.116. The van der Waals surface area contributed by atoms with Gasteiger partial charge in [-0.1, -0.05) is 36.2 Å². The topological polar surface area (TPSA) is 70.2 Å². The maximum Gasteiger partial charge on any atom is 0.243 e. The zero-order chi connectivity index (χ0) is 18.4. The molecule has 25 heavy (non-hydrogen) atoms. The Hall–Kier alpha value is -2.24. The van der Waals surface area contributed by atoms with Crippen LogP contribution in [0.15, 0.2) is 36.4 Å². The van der Waals surface area contributed by atoms with E-state index in [-0.39, 0.29) is 18.4 Å². The first kappa shape index (κ1) is 19.1. The molecule has 0 saturated carbocycles. The third kappa shape index (κ3) is 5.96. The molecule has 2 aromatic rings. The molecule has 3 N–H and O–H groups in total. The SMILES string of the molecule is CCC(=O)Nc1cc(NC(=O)CNc2cc(Cl)cc(Cl)c2)ccc1C. The van der Waals surface area contributed by atoms with E-state index in [0.29, 0.717) is 33.5 Å². The summed E-state index contributed by atoms with van der Waals surface area (Å²) in [5.41, 5.74) is 2.87. The second kappa shape index (κ2) is 8.74. The van der Waals surface area contributed by atoms with Gasteiger partial charge in [-0.3, -0.25) is 9.59 Å². The van der Waals surface area contributed by atoms with Gasteiger partial charge in [-0.15, -0.1) is 0 Å². The molecule has 0 saturated heterocycles. The Morgan fingerprint density at radius 1 is 0.920 bits per heavy atom. The minimum absolute atomic E-state index is 0.0567. The van der Waals surface area contributed by atoms with Crippen LogP contribution in [0.1, 0.15) is 18.9 Å². The van der Waals surface area contributed by atoms with Gasteiger partial charge < -0.3 is 16.0 Å². The number of amides is 2. The highest BCUT2D eigenvalue weighted by atomic mass is 35.5. The second-order valence-corrected chi connectivity index (χ2v) is 6.36. The third-order valence-corrected chi connectivity index (χ3v) is 3.87. The van der Waals surface area contributed by atoms with Gasteiger partial charge in [0.2, 0.25) is 11.8 Å². The fourth-order valence-electron chi connectivity index (χ4n) is 2.12. The number of rotatable bonds is 6. The molecule has 0 atom stereocenters. The third-order valence-electron chi connectivity index (χ3n) is 3.43. The Morgan fingerprint density at radius 2 is 1.60 bits per heavy atom. The fourth-order valence-corrected chi connectivity index (χ4v) is 2.64. The molecule has 0 aromatic heterocycles. The van der Waals surface area contributed by atoms with Crippen molar-refractivity contribution in [3.63, 3.8) is 0 Å². The van der Waals surface area contributed by atoms with Crippen LogP contribution in [0.4, 0.5) is 17.1 Å². The molecule has 0 heterocycles. The number of hydrogen-bond donors (Lipinski definition) is 3. The van der Waals surface area contributed by atoms with E-state index in [9.17, 15) is 9.59 Å². The molecule has 7 heteroatoms. The molecule has 0 aliphatic carbocycles. The Balaban J connectivity index is 1.98. The molecule has 0 aliphatic heterocycles. The normalized spacial score (nSPS) is 10.2. The van der Waals surface area contributed by atoms with Crippen LogP contribution < -0.4 is 16.0 Å². The van der Waals surface area contributed by atoms with Gasteiger partial charge >= 0.3 is 0 Å². The molecule has 5 nitrogen and oxygen atoms in total. The van der Waals surface area contributed by atoms with Gasteiger partial charge in [0, 0.05) is 33.5 Å². The summed E-state index contributed by atoms with van der Waals surface area (Å²) in [6, 6.07) is 10.3. The maximum atomic E-state index is 12.1. The van der Waals surface area contributed by atoms with Gasteiger partial charge in [0.05, 0.1) is 6.54 Å². The van der Waals surface area contributed by atoms with Gasteiger partial charge in [-0.05, 0) is 42.8 Å². The van der Waals surface area contributed by atoms with Crippen molar-refractivity contribution in [1.82, 2.24) is 0 Å².